The van der Waals surface area contributed by atoms with E-state index >= 15 is 0 Å². The van der Waals surface area contributed by atoms with E-state index in [1.807, 2.05) is 12.1 Å². The molecular weight excluding hydrogens is 352 g/mol. The van der Waals surface area contributed by atoms with Crippen molar-refractivity contribution in [2.45, 2.75) is 33.4 Å². The molecule has 1 amide bonds. The molecule has 0 fully saturated rings. The Labute approximate surface area is 158 Å². The molecule has 2 unspecified atom stereocenters. The number of alkyl carbamates (subject to hydrolysis) is 1. The molecule has 8 nitrogen and oxygen atoms in total. The van der Waals surface area contributed by atoms with Crippen LogP contribution < -0.4 is 5.32 Å². The summed E-state index contributed by atoms with van der Waals surface area (Å²) in [5.41, 5.74) is 0.783. The Hall–Kier alpha value is -3.08. The quantitative estimate of drug-likeness (QED) is 0.399. The van der Waals surface area contributed by atoms with Crippen LogP contribution in [0.1, 0.15) is 26.3 Å². The summed E-state index contributed by atoms with van der Waals surface area (Å²) < 4.78 is 14.9. The summed E-state index contributed by atoms with van der Waals surface area (Å²) >= 11 is 0. The smallest absolute Gasteiger partial charge is 0.408 e. The van der Waals surface area contributed by atoms with Gasteiger partial charge in [-0.3, -0.25) is 9.59 Å². The van der Waals surface area contributed by atoms with Crippen LogP contribution in [0.4, 0.5) is 4.79 Å². The molecular formula is C19H24N2O6. The third-order valence-electron chi connectivity index (χ3n) is 3.76. The summed E-state index contributed by atoms with van der Waals surface area (Å²) in [5, 5.41) is 11.8. The number of carbonyl (C=O) groups is 3. The maximum absolute atomic E-state index is 12.1. The van der Waals surface area contributed by atoms with E-state index < -0.39 is 35.9 Å². The maximum atomic E-state index is 12.1. The molecule has 146 valence electrons. The molecule has 0 radical (unpaired) electrons. The van der Waals surface area contributed by atoms with Gasteiger partial charge in [0.1, 0.15) is 12.6 Å². The molecule has 8 heteroatoms. The number of nitriles is 1. The van der Waals surface area contributed by atoms with Gasteiger partial charge in [0, 0.05) is 5.92 Å². The number of hydrogen-bond donors (Lipinski definition) is 1. The van der Waals surface area contributed by atoms with Crippen molar-refractivity contribution in [1.29, 1.82) is 5.26 Å². The average Bonchev–Trinajstić information content (AvgIpc) is 2.65. The van der Waals surface area contributed by atoms with Gasteiger partial charge in [0.15, 0.2) is 5.92 Å². The Morgan fingerprint density at radius 3 is 2.07 bits per heavy atom. The first-order valence-electron chi connectivity index (χ1n) is 8.64. The molecule has 0 aliphatic rings. The fourth-order valence-corrected chi connectivity index (χ4v) is 2.36. The first kappa shape index (κ1) is 22.0. The predicted octanol–water partition coefficient (Wildman–Crippen LogP) is 2.18. The molecule has 0 bridgehead atoms. The lowest BCUT2D eigenvalue weighted by Gasteiger charge is -2.24. The van der Waals surface area contributed by atoms with Crippen LogP contribution in [0.15, 0.2) is 30.3 Å². The van der Waals surface area contributed by atoms with Gasteiger partial charge in [-0.05, 0) is 19.4 Å². The van der Waals surface area contributed by atoms with Crippen molar-refractivity contribution in [3.05, 3.63) is 35.9 Å². The van der Waals surface area contributed by atoms with Gasteiger partial charge in [-0.2, -0.15) is 5.26 Å². The lowest BCUT2D eigenvalue weighted by atomic mass is 9.88. The van der Waals surface area contributed by atoms with Gasteiger partial charge in [-0.1, -0.05) is 37.3 Å². The van der Waals surface area contributed by atoms with E-state index in [9.17, 15) is 19.6 Å². The van der Waals surface area contributed by atoms with Crippen molar-refractivity contribution in [3.8, 4) is 6.07 Å². The van der Waals surface area contributed by atoms with Crippen molar-refractivity contribution in [2.75, 3.05) is 13.2 Å². The lowest BCUT2D eigenvalue weighted by Crippen LogP contribution is -2.46. The number of esters is 2. The Morgan fingerprint density at radius 2 is 1.59 bits per heavy atom. The van der Waals surface area contributed by atoms with Crippen molar-refractivity contribution in [3.63, 3.8) is 0 Å². The van der Waals surface area contributed by atoms with Crippen LogP contribution in [-0.4, -0.2) is 37.3 Å². The molecule has 0 saturated carbocycles. The van der Waals surface area contributed by atoms with Crippen LogP contribution >= 0.6 is 0 Å². The van der Waals surface area contributed by atoms with Gasteiger partial charge in [0.2, 0.25) is 0 Å². The normalized spacial score (nSPS) is 12.4. The van der Waals surface area contributed by atoms with Gasteiger partial charge in [0.25, 0.3) is 0 Å². The highest BCUT2D eigenvalue weighted by molar-refractivity contribution is 5.95. The highest BCUT2D eigenvalue weighted by atomic mass is 16.6. The number of benzene rings is 1. The Balaban J connectivity index is 2.77. The largest absolute Gasteiger partial charge is 0.465 e. The minimum absolute atomic E-state index is 0.0262. The SMILES string of the molecule is CCOC(=O)C(C(=O)OCC)C(C)C(C#N)NC(=O)OCc1ccccc1. The molecule has 0 spiro atoms. The molecule has 27 heavy (non-hydrogen) atoms. The summed E-state index contributed by atoms with van der Waals surface area (Å²) in [6, 6.07) is 9.75. The molecule has 1 aromatic rings. The van der Waals surface area contributed by atoms with Crippen molar-refractivity contribution in [2.24, 2.45) is 11.8 Å². The van der Waals surface area contributed by atoms with E-state index in [0.29, 0.717) is 0 Å². The molecule has 0 aromatic heterocycles. The second-order valence-electron chi connectivity index (χ2n) is 5.65. The summed E-state index contributed by atoms with van der Waals surface area (Å²) in [5.74, 6) is -3.81. The van der Waals surface area contributed by atoms with E-state index in [0.717, 1.165) is 5.56 Å². The summed E-state index contributed by atoms with van der Waals surface area (Å²) in [6.07, 6.45) is -0.830. The van der Waals surface area contributed by atoms with Gasteiger partial charge < -0.3 is 19.5 Å². The summed E-state index contributed by atoms with van der Waals surface area (Å²) in [7, 11) is 0. The van der Waals surface area contributed by atoms with Crippen LogP contribution in [0.25, 0.3) is 0 Å². The van der Waals surface area contributed by atoms with Crippen molar-refractivity contribution < 1.29 is 28.6 Å². The number of rotatable bonds is 9. The van der Waals surface area contributed by atoms with E-state index in [1.54, 1.807) is 38.1 Å². The number of nitrogens with one attached hydrogen (secondary N) is 1. The lowest BCUT2D eigenvalue weighted by molar-refractivity contribution is -0.164. The molecule has 1 rings (SSSR count). The van der Waals surface area contributed by atoms with Crippen LogP contribution in [-0.2, 0) is 30.4 Å². The zero-order valence-electron chi connectivity index (χ0n) is 15.6. The molecule has 0 heterocycles. The van der Waals surface area contributed by atoms with Crippen molar-refractivity contribution >= 4 is 18.0 Å². The monoisotopic (exact) mass is 376 g/mol. The molecule has 1 N–H and O–H groups in total. The first-order valence-corrected chi connectivity index (χ1v) is 8.64. The van der Waals surface area contributed by atoms with E-state index in [-0.39, 0.29) is 19.8 Å². The first-order chi connectivity index (χ1) is 12.9. The van der Waals surface area contributed by atoms with Crippen LogP contribution in [0.2, 0.25) is 0 Å². The number of carbonyl (C=O) groups excluding carboxylic acids is 3. The zero-order chi connectivity index (χ0) is 20.2. The minimum atomic E-state index is -1.33. The topological polar surface area (TPSA) is 115 Å². The predicted molar refractivity (Wildman–Crippen MR) is 95.1 cm³/mol. The second kappa shape index (κ2) is 11.5. The van der Waals surface area contributed by atoms with Gasteiger partial charge >= 0.3 is 18.0 Å². The van der Waals surface area contributed by atoms with Crippen LogP contribution in [0, 0.1) is 23.2 Å². The zero-order valence-corrected chi connectivity index (χ0v) is 15.6. The number of amides is 1. The molecule has 2 atom stereocenters. The molecule has 0 aliphatic carbocycles. The van der Waals surface area contributed by atoms with E-state index in [2.05, 4.69) is 5.32 Å². The Morgan fingerprint density at radius 1 is 1.04 bits per heavy atom. The molecule has 0 aliphatic heterocycles. The van der Waals surface area contributed by atoms with Gasteiger partial charge in [-0.25, -0.2) is 4.79 Å². The van der Waals surface area contributed by atoms with Gasteiger partial charge in [-0.15, -0.1) is 0 Å². The fourth-order valence-electron chi connectivity index (χ4n) is 2.36. The Kier molecular flexibility index (Phi) is 9.37. The van der Waals surface area contributed by atoms with Crippen LogP contribution in [0.3, 0.4) is 0 Å². The third kappa shape index (κ3) is 6.98. The maximum Gasteiger partial charge on any atom is 0.408 e. The van der Waals surface area contributed by atoms with Gasteiger partial charge in [0.05, 0.1) is 19.3 Å². The highest BCUT2D eigenvalue weighted by Crippen LogP contribution is 2.20. The standard InChI is InChI=1S/C19H24N2O6/c1-4-25-17(22)16(18(23)26-5-2)13(3)15(11-20)21-19(24)27-12-14-9-7-6-8-10-14/h6-10,13,15-16H,4-5,12H2,1-3H3,(H,21,24). The molecule has 1 aromatic carbocycles. The van der Waals surface area contributed by atoms with E-state index in [1.165, 1.54) is 6.92 Å². The number of nitrogens with zero attached hydrogens (tertiary/aromatic N) is 1. The summed E-state index contributed by atoms with van der Waals surface area (Å²) in [4.78, 5) is 36.3. The van der Waals surface area contributed by atoms with E-state index in [4.69, 9.17) is 14.2 Å². The Bertz CT molecular complexity index is 653. The fraction of sp³-hybridized carbons (Fsp3) is 0.474. The second-order valence-corrected chi connectivity index (χ2v) is 5.65. The average molecular weight is 376 g/mol. The summed E-state index contributed by atoms with van der Waals surface area (Å²) in [6.45, 7) is 4.87. The third-order valence-corrected chi connectivity index (χ3v) is 3.76. The highest BCUT2D eigenvalue weighted by Gasteiger charge is 2.40. The van der Waals surface area contributed by atoms with Crippen molar-refractivity contribution in [1.82, 2.24) is 5.32 Å². The molecule has 0 saturated heterocycles. The minimum Gasteiger partial charge on any atom is -0.465 e. The van der Waals surface area contributed by atoms with Crippen LogP contribution in [0.5, 0.6) is 0 Å². The number of ether oxygens (including phenoxy) is 3. The number of hydrogen-bond acceptors (Lipinski definition) is 7.